The summed E-state index contributed by atoms with van der Waals surface area (Å²) in [6, 6.07) is 3.54. The van der Waals surface area contributed by atoms with Crippen LogP contribution in [0.15, 0.2) is 12.1 Å². The van der Waals surface area contributed by atoms with Crippen LogP contribution in [0, 0.1) is 6.92 Å². The zero-order chi connectivity index (χ0) is 10.3. The van der Waals surface area contributed by atoms with Crippen LogP contribution >= 0.6 is 0 Å². The summed E-state index contributed by atoms with van der Waals surface area (Å²) in [7, 11) is -1.52. The van der Waals surface area contributed by atoms with Gasteiger partial charge in [0.05, 0.1) is 6.42 Å². The molecular weight excluding hydrogens is 181 g/mol. The molecule has 0 unspecified atom stereocenters. The number of benzene rings is 1. The number of hydrogen-bond donors (Lipinski definition) is 3. The first kappa shape index (κ1) is 9.24. The molecule has 0 saturated carbocycles. The molecule has 0 radical (unpaired) electrons. The van der Waals surface area contributed by atoms with Gasteiger partial charge in [0.2, 0.25) is 5.91 Å². The summed E-state index contributed by atoms with van der Waals surface area (Å²) in [5.41, 5.74) is 2.62. The van der Waals surface area contributed by atoms with E-state index in [1.165, 1.54) is 0 Å². The van der Waals surface area contributed by atoms with Gasteiger partial charge in [0.1, 0.15) is 0 Å². The van der Waals surface area contributed by atoms with Gasteiger partial charge < -0.3 is 15.4 Å². The number of hydrogen-bond acceptors (Lipinski definition) is 3. The highest BCUT2D eigenvalue weighted by molar-refractivity contribution is 6.60. The van der Waals surface area contributed by atoms with Gasteiger partial charge in [0.15, 0.2) is 0 Å². The van der Waals surface area contributed by atoms with Crippen molar-refractivity contribution in [1.29, 1.82) is 0 Å². The Labute approximate surface area is 81.7 Å². The van der Waals surface area contributed by atoms with E-state index in [-0.39, 0.29) is 12.3 Å². The lowest BCUT2D eigenvalue weighted by Gasteiger charge is -2.09. The topological polar surface area (TPSA) is 69.6 Å². The Hall–Kier alpha value is -1.33. The van der Waals surface area contributed by atoms with Gasteiger partial charge in [-0.25, -0.2) is 0 Å². The third-order valence-corrected chi connectivity index (χ3v) is 2.44. The highest BCUT2D eigenvalue weighted by atomic mass is 16.4. The maximum absolute atomic E-state index is 11.1. The summed E-state index contributed by atoms with van der Waals surface area (Å²) < 4.78 is 0. The van der Waals surface area contributed by atoms with E-state index in [1.54, 1.807) is 19.1 Å². The molecule has 0 bridgehead atoms. The minimum Gasteiger partial charge on any atom is -0.423 e. The summed E-state index contributed by atoms with van der Waals surface area (Å²) in [4.78, 5) is 11.1. The molecule has 0 aliphatic carbocycles. The summed E-state index contributed by atoms with van der Waals surface area (Å²) in [6.07, 6.45) is 0.226. The van der Waals surface area contributed by atoms with Crippen molar-refractivity contribution in [3.8, 4) is 0 Å². The predicted octanol–water partition coefficient (Wildman–Crippen LogP) is -0.831. The summed E-state index contributed by atoms with van der Waals surface area (Å²) >= 11 is 0. The quantitative estimate of drug-likeness (QED) is 0.507. The number of nitrogens with one attached hydrogen (secondary N) is 1. The number of anilines is 1. The van der Waals surface area contributed by atoms with Crippen molar-refractivity contribution < 1.29 is 14.8 Å². The SMILES string of the molecule is Cc1ccc2c(c1B(O)O)CC(=O)N2. The zero-order valence-corrected chi connectivity index (χ0v) is 7.74. The Morgan fingerprint density at radius 3 is 2.79 bits per heavy atom. The molecular formula is C9H10BNO3. The van der Waals surface area contributed by atoms with Gasteiger partial charge in [-0.15, -0.1) is 0 Å². The van der Waals surface area contributed by atoms with E-state index in [0.29, 0.717) is 16.7 Å². The number of rotatable bonds is 1. The molecule has 72 valence electrons. The van der Waals surface area contributed by atoms with E-state index in [9.17, 15) is 14.8 Å². The van der Waals surface area contributed by atoms with Crippen LogP contribution in [0.5, 0.6) is 0 Å². The molecule has 1 aliphatic rings. The van der Waals surface area contributed by atoms with Gasteiger partial charge in [0.25, 0.3) is 0 Å². The molecule has 2 rings (SSSR count). The monoisotopic (exact) mass is 191 g/mol. The van der Waals surface area contributed by atoms with Crippen LogP contribution in [0.3, 0.4) is 0 Å². The van der Waals surface area contributed by atoms with Gasteiger partial charge in [0, 0.05) is 5.69 Å². The number of fused-ring (bicyclic) bond motifs is 1. The Bertz CT molecular complexity index is 403. The van der Waals surface area contributed by atoms with E-state index in [2.05, 4.69) is 5.32 Å². The number of carbonyl (C=O) groups is 1. The largest absolute Gasteiger partial charge is 0.489 e. The molecule has 3 N–H and O–H groups in total. The average Bonchev–Trinajstić information content (AvgIpc) is 2.43. The van der Waals surface area contributed by atoms with E-state index in [0.717, 1.165) is 5.56 Å². The van der Waals surface area contributed by atoms with Crippen molar-refractivity contribution in [2.24, 2.45) is 0 Å². The lowest BCUT2D eigenvalue weighted by molar-refractivity contribution is -0.115. The minimum absolute atomic E-state index is 0.104. The maximum Gasteiger partial charge on any atom is 0.489 e. The molecule has 14 heavy (non-hydrogen) atoms. The van der Waals surface area contributed by atoms with Crippen LogP contribution in [0.2, 0.25) is 0 Å². The molecule has 1 aromatic rings. The first-order valence-electron chi connectivity index (χ1n) is 4.38. The molecule has 0 saturated heterocycles. The molecule has 0 spiro atoms. The molecule has 1 amide bonds. The third kappa shape index (κ3) is 1.30. The number of carbonyl (C=O) groups excluding carboxylic acids is 1. The van der Waals surface area contributed by atoms with Crippen molar-refractivity contribution in [1.82, 2.24) is 0 Å². The van der Waals surface area contributed by atoms with E-state index in [4.69, 9.17) is 0 Å². The summed E-state index contributed by atoms with van der Waals surface area (Å²) in [5.74, 6) is -0.104. The average molecular weight is 191 g/mol. The van der Waals surface area contributed by atoms with Crippen LogP contribution in [-0.4, -0.2) is 23.1 Å². The lowest BCUT2D eigenvalue weighted by atomic mass is 9.73. The normalized spacial score (nSPS) is 13.8. The fourth-order valence-corrected chi connectivity index (χ4v) is 1.80. The molecule has 1 aliphatic heterocycles. The van der Waals surface area contributed by atoms with Crippen LogP contribution in [0.4, 0.5) is 5.69 Å². The standard InChI is InChI=1S/C9H10BNO3/c1-5-2-3-7-6(4-8(12)11-7)9(5)10(13)14/h2-3,13-14H,4H2,1H3,(H,11,12). The Balaban J connectivity index is 2.59. The fraction of sp³-hybridized carbons (Fsp3) is 0.222. The van der Waals surface area contributed by atoms with E-state index in [1.807, 2.05) is 0 Å². The number of aryl methyl sites for hydroxylation is 1. The molecule has 1 heterocycles. The molecule has 0 atom stereocenters. The van der Waals surface area contributed by atoms with Crippen molar-refractivity contribution in [2.45, 2.75) is 13.3 Å². The molecule has 4 nitrogen and oxygen atoms in total. The van der Waals surface area contributed by atoms with Crippen molar-refractivity contribution >= 4 is 24.2 Å². The zero-order valence-electron chi connectivity index (χ0n) is 7.74. The van der Waals surface area contributed by atoms with Crippen molar-refractivity contribution in [3.63, 3.8) is 0 Å². The second-order valence-corrected chi connectivity index (χ2v) is 3.42. The highest BCUT2D eigenvalue weighted by Gasteiger charge is 2.27. The first-order valence-corrected chi connectivity index (χ1v) is 4.38. The smallest absolute Gasteiger partial charge is 0.423 e. The Morgan fingerprint density at radius 1 is 1.43 bits per heavy atom. The van der Waals surface area contributed by atoms with Crippen LogP contribution < -0.4 is 10.8 Å². The van der Waals surface area contributed by atoms with Gasteiger partial charge in [-0.05, 0) is 24.0 Å². The van der Waals surface area contributed by atoms with Gasteiger partial charge in [-0.1, -0.05) is 11.6 Å². The van der Waals surface area contributed by atoms with E-state index >= 15 is 0 Å². The molecule has 0 aromatic heterocycles. The second kappa shape index (κ2) is 3.11. The van der Waals surface area contributed by atoms with Crippen molar-refractivity contribution in [3.05, 3.63) is 23.3 Å². The van der Waals surface area contributed by atoms with Crippen LogP contribution in [0.1, 0.15) is 11.1 Å². The third-order valence-electron chi connectivity index (χ3n) is 2.44. The first-order chi connectivity index (χ1) is 6.59. The minimum atomic E-state index is -1.52. The number of amides is 1. The predicted molar refractivity (Wildman–Crippen MR) is 53.3 cm³/mol. The molecule has 1 aromatic carbocycles. The molecule has 5 heteroatoms. The van der Waals surface area contributed by atoms with Crippen LogP contribution in [0.25, 0.3) is 0 Å². The summed E-state index contributed by atoms with van der Waals surface area (Å²) in [5, 5.41) is 21.0. The van der Waals surface area contributed by atoms with Crippen molar-refractivity contribution in [2.75, 3.05) is 5.32 Å². The van der Waals surface area contributed by atoms with Gasteiger partial charge >= 0.3 is 7.12 Å². The lowest BCUT2D eigenvalue weighted by Crippen LogP contribution is -2.35. The Morgan fingerprint density at radius 2 is 2.14 bits per heavy atom. The summed E-state index contributed by atoms with van der Waals surface area (Å²) in [6.45, 7) is 1.79. The van der Waals surface area contributed by atoms with E-state index < -0.39 is 7.12 Å². The highest BCUT2D eigenvalue weighted by Crippen LogP contribution is 2.22. The maximum atomic E-state index is 11.1. The van der Waals surface area contributed by atoms with Gasteiger partial charge in [-0.2, -0.15) is 0 Å². The van der Waals surface area contributed by atoms with Crippen LogP contribution in [-0.2, 0) is 11.2 Å². The Kier molecular flexibility index (Phi) is 2.05. The second-order valence-electron chi connectivity index (χ2n) is 3.42. The molecule has 0 fully saturated rings. The fourth-order valence-electron chi connectivity index (χ4n) is 1.80. The van der Waals surface area contributed by atoms with Gasteiger partial charge in [-0.3, -0.25) is 4.79 Å².